The number of benzene rings is 2. The summed E-state index contributed by atoms with van der Waals surface area (Å²) >= 11 is 7.14. The highest BCUT2D eigenvalue weighted by Crippen LogP contribution is 2.33. The number of fused-ring (bicyclic) bond motifs is 3. The molecule has 4 nitrogen and oxygen atoms in total. The van der Waals surface area contributed by atoms with Crippen LogP contribution in [0.5, 0.6) is 0 Å². The van der Waals surface area contributed by atoms with Crippen LogP contribution in [0.15, 0.2) is 45.3 Å². The average Bonchev–Trinajstić information content (AvgIpc) is 3.22. The Balaban J connectivity index is 1.56. The lowest BCUT2D eigenvalue weighted by atomic mass is 10.2. The van der Waals surface area contributed by atoms with Crippen molar-refractivity contribution < 1.29 is 9.84 Å². The van der Waals surface area contributed by atoms with Gasteiger partial charge in [-0.3, -0.25) is 0 Å². The lowest BCUT2D eigenvalue weighted by Crippen LogP contribution is -2.34. The first-order valence-corrected chi connectivity index (χ1v) is 10.6. The lowest BCUT2D eigenvalue weighted by Gasteiger charge is -2.16. The zero-order valence-electron chi connectivity index (χ0n) is 14.4. The smallest absolute Gasteiger partial charge is 0.0843 e. The first kappa shape index (κ1) is 18.4. The monoisotopic (exact) mass is 480 g/mol. The Morgan fingerprint density at radius 1 is 1.12 bits per heavy atom. The van der Waals surface area contributed by atoms with E-state index in [-0.39, 0.29) is 0 Å². The Morgan fingerprint density at radius 2 is 1.77 bits per heavy atom. The van der Waals surface area contributed by atoms with E-state index in [1.165, 1.54) is 10.8 Å². The number of aromatic nitrogens is 1. The van der Waals surface area contributed by atoms with Gasteiger partial charge in [0.1, 0.15) is 0 Å². The number of nitrogens with one attached hydrogen (secondary N) is 1. The molecule has 0 unspecified atom stereocenters. The predicted molar refractivity (Wildman–Crippen MR) is 113 cm³/mol. The minimum Gasteiger partial charge on any atom is -0.390 e. The van der Waals surface area contributed by atoms with Gasteiger partial charge in [0, 0.05) is 50.4 Å². The summed E-state index contributed by atoms with van der Waals surface area (Å²) in [5.74, 6) is 0. The fourth-order valence-corrected chi connectivity index (χ4v) is 4.46. The van der Waals surface area contributed by atoms with Gasteiger partial charge in [-0.2, -0.15) is 0 Å². The molecule has 0 amide bonds. The van der Waals surface area contributed by atoms with Crippen LogP contribution in [0.1, 0.15) is 12.8 Å². The van der Waals surface area contributed by atoms with Crippen LogP contribution in [-0.2, 0) is 11.3 Å². The Hall–Kier alpha value is -0.920. The minimum absolute atomic E-state index is 0.296. The molecule has 2 N–H and O–H groups in total. The second-order valence-electron chi connectivity index (χ2n) is 6.88. The molecule has 26 heavy (non-hydrogen) atoms. The maximum Gasteiger partial charge on any atom is 0.0843 e. The van der Waals surface area contributed by atoms with Crippen molar-refractivity contribution in [3.63, 3.8) is 0 Å². The van der Waals surface area contributed by atoms with Crippen molar-refractivity contribution in [2.24, 2.45) is 0 Å². The van der Waals surface area contributed by atoms with Crippen molar-refractivity contribution in [3.8, 4) is 0 Å². The molecule has 6 heteroatoms. The molecule has 0 spiro atoms. The van der Waals surface area contributed by atoms with Crippen LogP contribution in [0, 0.1) is 0 Å². The SMILES string of the molecule is O[C@@H](CNC[C@H]1CCCO1)Cn1c2ccc(Br)cc2c2cc(Br)ccc21. The molecule has 2 aromatic carbocycles. The fourth-order valence-electron chi connectivity index (χ4n) is 3.74. The van der Waals surface area contributed by atoms with Gasteiger partial charge < -0.3 is 19.7 Å². The van der Waals surface area contributed by atoms with Gasteiger partial charge in [0.25, 0.3) is 0 Å². The quantitative estimate of drug-likeness (QED) is 0.546. The Bertz CT molecular complexity index is 860. The zero-order chi connectivity index (χ0) is 18.1. The van der Waals surface area contributed by atoms with Gasteiger partial charge in [0.2, 0.25) is 0 Å². The normalized spacial score (nSPS) is 18.8. The van der Waals surface area contributed by atoms with E-state index in [0.717, 1.165) is 46.0 Å². The van der Waals surface area contributed by atoms with E-state index in [4.69, 9.17) is 4.74 Å². The van der Waals surface area contributed by atoms with E-state index < -0.39 is 6.10 Å². The lowest BCUT2D eigenvalue weighted by molar-refractivity contribution is 0.101. The van der Waals surface area contributed by atoms with Crippen LogP contribution in [0.25, 0.3) is 21.8 Å². The molecule has 1 saturated heterocycles. The van der Waals surface area contributed by atoms with Crippen molar-refractivity contribution >= 4 is 53.7 Å². The summed E-state index contributed by atoms with van der Waals surface area (Å²) < 4.78 is 9.95. The van der Waals surface area contributed by atoms with Gasteiger partial charge in [-0.1, -0.05) is 31.9 Å². The number of rotatable bonds is 6. The summed E-state index contributed by atoms with van der Waals surface area (Å²) in [4.78, 5) is 0. The highest BCUT2D eigenvalue weighted by atomic mass is 79.9. The van der Waals surface area contributed by atoms with Crippen molar-refractivity contribution in [3.05, 3.63) is 45.3 Å². The molecule has 4 rings (SSSR count). The molecular weight excluding hydrogens is 460 g/mol. The molecule has 0 radical (unpaired) electrons. The first-order chi connectivity index (χ1) is 12.6. The molecule has 2 atom stereocenters. The summed E-state index contributed by atoms with van der Waals surface area (Å²) in [5.41, 5.74) is 2.28. The van der Waals surface area contributed by atoms with E-state index in [9.17, 15) is 5.11 Å². The Kier molecular flexibility index (Phi) is 5.66. The number of nitrogens with zero attached hydrogens (tertiary/aromatic N) is 1. The van der Waals surface area contributed by atoms with Crippen molar-refractivity contribution in [2.75, 3.05) is 19.7 Å². The summed E-state index contributed by atoms with van der Waals surface area (Å²) in [6.07, 6.45) is 2.09. The third-order valence-electron chi connectivity index (χ3n) is 4.96. The van der Waals surface area contributed by atoms with Gasteiger partial charge >= 0.3 is 0 Å². The number of aliphatic hydroxyl groups excluding tert-OH is 1. The highest BCUT2D eigenvalue weighted by molar-refractivity contribution is 9.10. The number of halogens is 2. The van der Waals surface area contributed by atoms with E-state index in [2.05, 4.69) is 78.1 Å². The molecule has 0 saturated carbocycles. The fraction of sp³-hybridized carbons (Fsp3) is 0.400. The summed E-state index contributed by atoms with van der Waals surface area (Å²) in [6, 6.07) is 12.6. The molecule has 0 aliphatic carbocycles. The van der Waals surface area contributed by atoms with Crippen molar-refractivity contribution in [1.29, 1.82) is 0 Å². The van der Waals surface area contributed by atoms with Gasteiger partial charge in [-0.15, -0.1) is 0 Å². The number of ether oxygens (including phenoxy) is 1. The van der Waals surface area contributed by atoms with E-state index >= 15 is 0 Å². The second-order valence-corrected chi connectivity index (χ2v) is 8.71. The van der Waals surface area contributed by atoms with Crippen molar-refractivity contribution in [2.45, 2.75) is 31.6 Å². The molecule has 138 valence electrons. The van der Waals surface area contributed by atoms with Crippen LogP contribution < -0.4 is 5.32 Å². The van der Waals surface area contributed by atoms with Crippen LogP contribution in [0.2, 0.25) is 0 Å². The molecule has 0 bridgehead atoms. The zero-order valence-corrected chi connectivity index (χ0v) is 17.6. The molecule has 3 aromatic rings. The molecule has 1 aromatic heterocycles. The number of hydrogen-bond acceptors (Lipinski definition) is 3. The predicted octanol–water partition coefficient (Wildman–Crippen LogP) is 4.45. The standard InChI is InChI=1S/C20H22Br2N2O2/c21-13-3-5-19-17(8-13)18-9-14(22)4-6-20(18)24(19)12-15(25)10-23-11-16-2-1-7-26-16/h3-6,8-9,15-16,23,25H,1-2,7,10-12H2/t15-,16+/m0/s1. The molecule has 1 aliphatic heterocycles. The summed E-state index contributed by atoms with van der Waals surface area (Å²) in [7, 11) is 0. The van der Waals surface area contributed by atoms with Crippen LogP contribution in [0.3, 0.4) is 0 Å². The number of aliphatic hydroxyl groups is 1. The van der Waals surface area contributed by atoms with Crippen LogP contribution in [0.4, 0.5) is 0 Å². The third kappa shape index (κ3) is 3.85. The summed E-state index contributed by atoms with van der Waals surface area (Å²) in [5, 5.41) is 16.3. The maximum atomic E-state index is 10.6. The highest BCUT2D eigenvalue weighted by Gasteiger charge is 2.17. The number of hydrogen-bond donors (Lipinski definition) is 2. The molecular formula is C20H22Br2N2O2. The minimum atomic E-state index is -0.456. The van der Waals surface area contributed by atoms with E-state index in [0.29, 0.717) is 19.2 Å². The first-order valence-electron chi connectivity index (χ1n) is 8.99. The second kappa shape index (κ2) is 7.98. The van der Waals surface area contributed by atoms with E-state index in [1.54, 1.807) is 0 Å². The average molecular weight is 482 g/mol. The topological polar surface area (TPSA) is 46.4 Å². The summed E-state index contributed by atoms with van der Waals surface area (Å²) in [6.45, 7) is 2.79. The Labute approximate surface area is 169 Å². The van der Waals surface area contributed by atoms with Crippen molar-refractivity contribution in [1.82, 2.24) is 9.88 Å². The largest absolute Gasteiger partial charge is 0.390 e. The third-order valence-corrected chi connectivity index (χ3v) is 5.94. The molecule has 1 aliphatic rings. The van der Waals surface area contributed by atoms with Gasteiger partial charge in [-0.05, 0) is 49.2 Å². The molecule has 2 heterocycles. The van der Waals surface area contributed by atoms with Crippen LogP contribution in [-0.4, -0.2) is 41.6 Å². The van der Waals surface area contributed by atoms with Crippen LogP contribution >= 0.6 is 31.9 Å². The molecule has 1 fully saturated rings. The van der Waals surface area contributed by atoms with Gasteiger partial charge in [0.15, 0.2) is 0 Å². The van der Waals surface area contributed by atoms with E-state index in [1.807, 2.05) is 0 Å². The Morgan fingerprint density at radius 3 is 2.35 bits per heavy atom. The van der Waals surface area contributed by atoms with Gasteiger partial charge in [0.05, 0.1) is 18.8 Å². The van der Waals surface area contributed by atoms with Gasteiger partial charge in [-0.25, -0.2) is 0 Å². The maximum absolute atomic E-state index is 10.6.